The monoisotopic (exact) mass is 212 g/mol. The minimum atomic E-state index is -1.13. The van der Waals surface area contributed by atoms with Gasteiger partial charge in [-0.3, -0.25) is 9.59 Å². The molecule has 0 aliphatic carbocycles. The van der Waals surface area contributed by atoms with Crippen LogP contribution in [0.5, 0.6) is 0 Å². The maximum atomic E-state index is 11.0. The van der Waals surface area contributed by atoms with Crippen LogP contribution in [0.1, 0.15) is 25.7 Å². The van der Waals surface area contributed by atoms with Gasteiger partial charge < -0.3 is 10.2 Å². The molecule has 0 spiro atoms. The van der Waals surface area contributed by atoms with E-state index in [0.29, 0.717) is 19.3 Å². The van der Waals surface area contributed by atoms with Gasteiger partial charge in [0.2, 0.25) is 0 Å². The highest BCUT2D eigenvalue weighted by Crippen LogP contribution is 2.28. The molecule has 15 heavy (non-hydrogen) atoms. The Kier molecular flexibility index (Phi) is 5.37. The summed E-state index contributed by atoms with van der Waals surface area (Å²) in [7, 11) is 0. The van der Waals surface area contributed by atoms with E-state index in [-0.39, 0.29) is 6.42 Å². The van der Waals surface area contributed by atoms with E-state index >= 15 is 0 Å². The Morgan fingerprint density at radius 2 is 1.67 bits per heavy atom. The molecule has 4 heteroatoms. The lowest BCUT2D eigenvalue weighted by Crippen LogP contribution is -2.26. The van der Waals surface area contributed by atoms with Crippen LogP contribution in [0.3, 0.4) is 0 Å². The van der Waals surface area contributed by atoms with Gasteiger partial charge in [-0.2, -0.15) is 0 Å². The van der Waals surface area contributed by atoms with Crippen LogP contribution in [-0.4, -0.2) is 22.2 Å². The van der Waals surface area contributed by atoms with Crippen molar-refractivity contribution in [2.45, 2.75) is 25.7 Å². The lowest BCUT2D eigenvalue weighted by molar-refractivity contribution is -0.143. The summed E-state index contributed by atoms with van der Waals surface area (Å²) < 4.78 is 0. The molecule has 0 fully saturated rings. The average Bonchev–Trinajstić information content (AvgIpc) is 2.18. The number of carboxylic acid groups (broad SMARTS) is 2. The first-order chi connectivity index (χ1) is 6.98. The van der Waals surface area contributed by atoms with Crippen LogP contribution in [0.15, 0.2) is 25.3 Å². The molecule has 4 nitrogen and oxygen atoms in total. The van der Waals surface area contributed by atoms with E-state index in [1.165, 1.54) is 12.2 Å². The molecule has 0 aromatic carbocycles. The lowest BCUT2D eigenvalue weighted by Gasteiger charge is -2.20. The topological polar surface area (TPSA) is 74.6 Å². The summed E-state index contributed by atoms with van der Waals surface area (Å²) in [4.78, 5) is 21.2. The quantitative estimate of drug-likeness (QED) is 0.477. The first kappa shape index (κ1) is 13.4. The zero-order valence-electron chi connectivity index (χ0n) is 8.61. The molecule has 0 bridgehead atoms. The average molecular weight is 212 g/mol. The highest BCUT2D eigenvalue weighted by Gasteiger charge is 2.30. The van der Waals surface area contributed by atoms with E-state index in [1.54, 1.807) is 0 Å². The van der Waals surface area contributed by atoms with Crippen molar-refractivity contribution in [2.24, 2.45) is 5.41 Å². The molecule has 0 unspecified atom stereocenters. The molecular weight excluding hydrogens is 196 g/mol. The van der Waals surface area contributed by atoms with Crippen LogP contribution in [0, 0.1) is 5.41 Å². The maximum Gasteiger partial charge on any atom is 0.317 e. The Labute approximate surface area is 88.9 Å². The first-order valence-corrected chi connectivity index (χ1v) is 4.71. The van der Waals surface area contributed by atoms with Gasteiger partial charge in [-0.05, 0) is 12.8 Å². The SMILES string of the molecule is C=CC(C=C)(CCCCC(=O)O)C(=O)O. The minimum absolute atomic E-state index is 0.0595. The fourth-order valence-corrected chi connectivity index (χ4v) is 1.26. The Morgan fingerprint density at radius 3 is 2.00 bits per heavy atom. The third-order valence-corrected chi connectivity index (χ3v) is 2.36. The van der Waals surface area contributed by atoms with Gasteiger partial charge in [-0.15, -0.1) is 13.2 Å². The van der Waals surface area contributed by atoms with Gasteiger partial charge in [0.15, 0.2) is 0 Å². The van der Waals surface area contributed by atoms with E-state index in [0.717, 1.165) is 0 Å². The number of carboxylic acids is 2. The highest BCUT2D eigenvalue weighted by atomic mass is 16.4. The summed E-state index contributed by atoms with van der Waals surface area (Å²) in [6, 6.07) is 0. The molecule has 84 valence electrons. The molecule has 0 rings (SSSR count). The maximum absolute atomic E-state index is 11.0. The van der Waals surface area contributed by atoms with Gasteiger partial charge >= 0.3 is 11.9 Å². The molecule has 0 amide bonds. The van der Waals surface area contributed by atoms with Gasteiger partial charge in [0, 0.05) is 6.42 Å². The molecule has 2 N–H and O–H groups in total. The van der Waals surface area contributed by atoms with E-state index in [2.05, 4.69) is 13.2 Å². The van der Waals surface area contributed by atoms with Gasteiger partial charge in [-0.25, -0.2) is 0 Å². The van der Waals surface area contributed by atoms with Gasteiger partial charge in [0.25, 0.3) is 0 Å². The second kappa shape index (κ2) is 6.01. The largest absolute Gasteiger partial charge is 0.481 e. The molecular formula is C11H16O4. The van der Waals surface area contributed by atoms with Gasteiger partial charge in [-0.1, -0.05) is 18.6 Å². The molecule has 0 aliphatic rings. The van der Waals surface area contributed by atoms with Crippen LogP contribution >= 0.6 is 0 Å². The first-order valence-electron chi connectivity index (χ1n) is 4.71. The number of unbranched alkanes of at least 4 members (excludes halogenated alkanes) is 1. The molecule has 0 heterocycles. The lowest BCUT2D eigenvalue weighted by atomic mass is 9.83. The Morgan fingerprint density at radius 1 is 1.13 bits per heavy atom. The van der Waals surface area contributed by atoms with E-state index in [9.17, 15) is 9.59 Å². The van der Waals surface area contributed by atoms with Crippen molar-refractivity contribution in [3.8, 4) is 0 Å². The van der Waals surface area contributed by atoms with Crippen molar-refractivity contribution in [1.29, 1.82) is 0 Å². The highest BCUT2D eigenvalue weighted by molar-refractivity contribution is 5.79. The van der Waals surface area contributed by atoms with Gasteiger partial charge in [0.1, 0.15) is 5.41 Å². The summed E-state index contributed by atoms with van der Waals surface area (Å²) >= 11 is 0. The van der Waals surface area contributed by atoms with Crippen molar-refractivity contribution in [3.05, 3.63) is 25.3 Å². The molecule has 0 aromatic rings. The number of hydrogen-bond donors (Lipinski definition) is 2. The Bertz CT molecular complexity index is 260. The smallest absolute Gasteiger partial charge is 0.317 e. The summed E-state index contributed by atoms with van der Waals surface area (Å²) in [5.41, 5.74) is -1.13. The van der Waals surface area contributed by atoms with Gasteiger partial charge in [0.05, 0.1) is 0 Å². The number of hydrogen-bond acceptors (Lipinski definition) is 2. The molecule has 0 atom stereocenters. The van der Waals surface area contributed by atoms with E-state index in [1.807, 2.05) is 0 Å². The molecule has 0 radical (unpaired) electrons. The third kappa shape index (κ3) is 3.97. The number of aliphatic carboxylic acids is 2. The molecule has 0 aromatic heterocycles. The summed E-state index contributed by atoms with van der Waals surface area (Å²) in [5, 5.41) is 17.4. The summed E-state index contributed by atoms with van der Waals surface area (Å²) in [6.07, 6.45) is 4.06. The van der Waals surface area contributed by atoms with E-state index < -0.39 is 17.4 Å². The van der Waals surface area contributed by atoms with Crippen LogP contribution in [0.4, 0.5) is 0 Å². The van der Waals surface area contributed by atoms with Crippen molar-refractivity contribution >= 4 is 11.9 Å². The fraction of sp³-hybridized carbons (Fsp3) is 0.455. The van der Waals surface area contributed by atoms with Crippen LogP contribution in [-0.2, 0) is 9.59 Å². The molecule has 0 aliphatic heterocycles. The second-order valence-electron chi connectivity index (χ2n) is 3.35. The van der Waals surface area contributed by atoms with Crippen molar-refractivity contribution in [3.63, 3.8) is 0 Å². The second-order valence-corrected chi connectivity index (χ2v) is 3.35. The van der Waals surface area contributed by atoms with Crippen molar-refractivity contribution in [1.82, 2.24) is 0 Å². The summed E-state index contributed by atoms with van der Waals surface area (Å²) in [5.74, 6) is -1.86. The predicted octanol–water partition coefficient (Wildman–Crippen LogP) is 2.07. The zero-order chi connectivity index (χ0) is 11.9. The standard InChI is InChI=1S/C11H16O4/c1-3-11(4-2,10(14)15)8-6-5-7-9(12)13/h3-4H,1-2,5-8H2,(H,12,13)(H,14,15). The van der Waals surface area contributed by atoms with Crippen LogP contribution in [0.2, 0.25) is 0 Å². The number of carbonyl (C=O) groups is 2. The van der Waals surface area contributed by atoms with Crippen molar-refractivity contribution in [2.75, 3.05) is 0 Å². The molecule has 0 saturated heterocycles. The predicted molar refractivity (Wildman–Crippen MR) is 56.6 cm³/mol. The molecule has 0 saturated carbocycles. The summed E-state index contributed by atoms with van der Waals surface area (Å²) in [6.45, 7) is 6.94. The van der Waals surface area contributed by atoms with Crippen molar-refractivity contribution < 1.29 is 19.8 Å². The van der Waals surface area contributed by atoms with Crippen LogP contribution < -0.4 is 0 Å². The Hall–Kier alpha value is -1.58. The minimum Gasteiger partial charge on any atom is -0.481 e. The fourth-order valence-electron chi connectivity index (χ4n) is 1.26. The zero-order valence-corrected chi connectivity index (χ0v) is 8.61. The van der Waals surface area contributed by atoms with Crippen LogP contribution in [0.25, 0.3) is 0 Å². The van der Waals surface area contributed by atoms with E-state index in [4.69, 9.17) is 10.2 Å². The third-order valence-electron chi connectivity index (χ3n) is 2.36. The Balaban J connectivity index is 4.19. The normalized spacial score (nSPS) is 10.7. The number of rotatable bonds is 8.